The summed E-state index contributed by atoms with van der Waals surface area (Å²) in [5.41, 5.74) is 0.546. The summed E-state index contributed by atoms with van der Waals surface area (Å²) >= 11 is 0. The van der Waals surface area contributed by atoms with Gasteiger partial charge in [0.05, 0.1) is 18.6 Å². The van der Waals surface area contributed by atoms with E-state index in [1.165, 1.54) is 19.2 Å². The summed E-state index contributed by atoms with van der Waals surface area (Å²) in [6.45, 7) is 0. The van der Waals surface area contributed by atoms with Crippen LogP contribution in [0, 0.1) is 0 Å². The fourth-order valence-electron chi connectivity index (χ4n) is 1.62. The van der Waals surface area contributed by atoms with E-state index in [-0.39, 0.29) is 35.1 Å². The minimum absolute atomic E-state index is 0. The second-order valence-corrected chi connectivity index (χ2v) is 3.56. The zero-order chi connectivity index (χ0) is 12.4. The van der Waals surface area contributed by atoms with Crippen molar-refractivity contribution in [1.82, 2.24) is 0 Å². The van der Waals surface area contributed by atoms with Crippen LogP contribution in [-0.2, 0) is 4.74 Å². The SMILES string of the molecule is COC(=O)c1ccc2cc(C(=O)[O-])ccc2c1.[Na+]. The number of benzene rings is 2. The Morgan fingerprint density at radius 3 is 2.00 bits per heavy atom. The zero-order valence-electron chi connectivity index (χ0n) is 10.1. The molecule has 18 heavy (non-hydrogen) atoms. The third-order valence-corrected chi connectivity index (χ3v) is 2.50. The summed E-state index contributed by atoms with van der Waals surface area (Å²) in [5, 5.41) is 12.2. The van der Waals surface area contributed by atoms with Crippen LogP contribution in [0.25, 0.3) is 10.8 Å². The largest absolute Gasteiger partial charge is 1.00 e. The monoisotopic (exact) mass is 252 g/mol. The number of carboxylic acids is 1. The van der Waals surface area contributed by atoms with Crippen molar-refractivity contribution in [2.24, 2.45) is 0 Å². The van der Waals surface area contributed by atoms with Crippen LogP contribution in [0.3, 0.4) is 0 Å². The number of hydrogen-bond donors (Lipinski definition) is 0. The molecular formula is C13H9NaO4. The predicted octanol–water partition coefficient (Wildman–Crippen LogP) is -2.01. The van der Waals surface area contributed by atoms with Crippen molar-refractivity contribution in [3.05, 3.63) is 47.5 Å². The van der Waals surface area contributed by atoms with E-state index < -0.39 is 11.9 Å². The molecule has 0 radical (unpaired) electrons. The first-order valence-electron chi connectivity index (χ1n) is 4.95. The van der Waals surface area contributed by atoms with Gasteiger partial charge in [-0.15, -0.1) is 0 Å². The van der Waals surface area contributed by atoms with Gasteiger partial charge in [0, 0.05) is 0 Å². The molecule has 0 aliphatic heterocycles. The number of esters is 1. The third kappa shape index (κ3) is 2.90. The summed E-state index contributed by atoms with van der Waals surface area (Å²) in [6.07, 6.45) is 0. The van der Waals surface area contributed by atoms with Crippen molar-refractivity contribution in [3.8, 4) is 0 Å². The second kappa shape index (κ2) is 6.00. The molecule has 0 spiro atoms. The van der Waals surface area contributed by atoms with Gasteiger partial charge in [-0.1, -0.05) is 18.2 Å². The van der Waals surface area contributed by atoms with Crippen LogP contribution in [0.1, 0.15) is 20.7 Å². The molecule has 0 bridgehead atoms. The van der Waals surface area contributed by atoms with E-state index in [1.807, 2.05) is 0 Å². The van der Waals surface area contributed by atoms with E-state index >= 15 is 0 Å². The fraction of sp³-hybridized carbons (Fsp3) is 0.0769. The van der Waals surface area contributed by atoms with E-state index in [2.05, 4.69) is 4.74 Å². The van der Waals surface area contributed by atoms with Gasteiger partial charge in [0.15, 0.2) is 0 Å². The number of hydrogen-bond acceptors (Lipinski definition) is 4. The summed E-state index contributed by atoms with van der Waals surface area (Å²) < 4.78 is 4.60. The van der Waals surface area contributed by atoms with Crippen molar-refractivity contribution in [1.29, 1.82) is 0 Å². The molecule has 4 nitrogen and oxygen atoms in total. The van der Waals surface area contributed by atoms with Crippen molar-refractivity contribution in [2.75, 3.05) is 7.11 Å². The van der Waals surface area contributed by atoms with Crippen LogP contribution in [-0.4, -0.2) is 19.0 Å². The molecule has 2 aromatic rings. The predicted molar refractivity (Wildman–Crippen MR) is 59.6 cm³/mol. The maximum absolute atomic E-state index is 11.3. The molecule has 86 valence electrons. The van der Waals surface area contributed by atoms with Crippen molar-refractivity contribution >= 4 is 22.7 Å². The third-order valence-electron chi connectivity index (χ3n) is 2.50. The number of methoxy groups -OCH3 is 1. The van der Waals surface area contributed by atoms with E-state index in [9.17, 15) is 14.7 Å². The standard InChI is InChI=1S/C13H10O4.Na/c1-17-13(16)11-5-3-8-6-10(12(14)15)4-2-9(8)7-11;/h2-7H,1H3,(H,14,15);/q;+1/p-1. The van der Waals surface area contributed by atoms with Crippen molar-refractivity contribution < 1.29 is 49.0 Å². The molecule has 0 aliphatic carbocycles. The first-order chi connectivity index (χ1) is 8.11. The molecule has 5 heteroatoms. The van der Waals surface area contributed by atoms with Gasteiger partial charge in [-0.25, -0.2) is 4.79 Å². The Balaban J connectivity index is 0.00000162. The van der Waals surface area contributed by atoms with Gasteiger partial charge in [-0.05, 0) is 34.5 Å². The van der Waals surface area contributed by atoms with Crippen LogP contribution in [0.4, 0.5) is 0 Å². The fourth-order valence-corrected chi connectivity index (χ4v) is 1.62. The van der Waals surface area contributed by atoms with Gasteiger partial charge in [0.1, 0.15) is 0 Å². The Hall–Kier alpha value is -1.36. The maximum atomic E-state index is 11.3. The van der Waals surface area contributed by atoms with Crippen LogP contribution in [0.15, 0.2) is 36.4 Å². The Morgan fingerprint density at radius 2 is 1.50 bits per heavy atom. The Labute approximate surface area is 126 Å². The number of carbonyl (C=O) groups is 2. The van der Waals surface area contributed by atoms with E-state index in [4.69, 9.17) is 0 Å². The Bertz CT molecular complexity index is 607. The number of carboxylic acid groups (broad SMARTS) is 1. The summed E-state index contributed by atoms with van der Waals surface area (Å²) in [6, 6.07) is 9.50. The van der Waals surface area contributed by atoms with Gasteiger partial charge in [-0.3, -0.25) is 0 Å². The quantitative estimate of drug-likeness (QED) is 0.458. The van der Waals surface area contributed by atoms with Crippen LogP contribution >= 0.6 is 0 Å². The average Bonchev–Trinajstić information content (AvgIpc) is 2.36. The number of aromatic carboxylic acids is 1. The van der Waals surface area contributed by atoms with E-state index in [1.54, 1.807) is 24.3 Å². The van der Waals surface area contributed by atoms with Crippen LogP contribution < -0.4 is 34.7 Å². The molecule has 0 saturated heterocycles. The van der Waals surface area contributed by atoms with Gasteiger partial charge in [-0.2, -0.15) is 0 Å². The van der Waals surface area contributed by atoms with E-state index in [0.717, 1.165) is 10.8 Å². The minimum atomic E-state index is -1.22. The van der Waals surface area contributed by atoms with Gasteiger partial charge < -0.3 is 14.6 Å². The van der Waals surface area contributed by atoms with Crippen molar-refractivity contribution in [2.45, 2.75) is 0 Å². The first-order valence-corrected chi connectivity index (χ1v) is 4.95. The second-order valence-electron chi connectivity index (χ2n) is 3.56. The molecule has 2 aromatic carbocycles. The van der Waals surface area contributed by atoms with Gasteiger partial charge in [0.2, 0.25) is 0 Å². The summed E-state index contributed by atoms with van der Waals surface area (Å²) in [4.78, 5) is 22.0. The summed E-state index contributed by atoms with van der Waals surface area (Å²) in [7, 11) is 1.31. The maximum Gasteiger partial charge on any atom is 1.00 e. The molecule has 0 unspecified atom stereocenters. The van der Waals surface area contributed by atoms with Crippen LogP contribution in [0.5, 0.6) is 0 Å². The first kappa shape index (κ1) is 14.7. The molecule has 0 aliphatic rings. The average molecular weight is 252 g/mol. The molecular weight excluding hydrogens is 243 g/mol. The molecule has 0 amide bonds. The molecule has 0 heterocycles. The molecule has 0 fully saturated rings. The minimum Gasteiger partial charge on any atom is -0.545 e. The van der Waals surface area contributed by atoms with E-state index in [0.29, 0.717) is 5.56 Å². The Morgan fingerprint density at radius 1 is 1.00 bits per heavy atom. The molecule has 0 aromatic heterocycles. The molecule has 2 rings (SSSR count). The topological polar surface area (TPSA) is 66.4 Å². The van der Waals surface area contributed by atoms with Crippen LogP contribution in [0.2, 0.25) is 0 Å². The summed E-state index contributed by atoms with van der Waals surface area (Å²) in [5.74, 6) is -1.64. The number of carbonyl (C=O) groups excluding carboxylic acids is 2. The zero-order valence-corrected chi connectivity index (χ0v) is 12.1. The number of ether oxygens (including phenoxy) is 1. The van der Waals surface area contributed by atoms with Crippen molar-refractivity contribution in [3.63, 3.8) is 0 Å². The Kier molecular flexibility index (Phi) is 4.90. The molecule has 0 saturated carbocycles. The smallest absolute Gasteiger partial charge is 0.545 e. The number of rotatable bonds is 2. The normalized spacial score (nSPS) is 9.61. The number of fused-ring (bicyclic) bond motifs is 1. The molecule has 0 atom stereocenters. The van der Waals surface area contributed by atoms with Gasteiger partial charge >= 0.3 is 35.5 Å². The molecule has 0 N–H and O–H groups in total. The van der Waals surface area contributed by atoms with Gasteiger partial charge in [0.25, 0.3) is 0 Å².